The second-order valence-corrected chi connectivity index (χ2v) is 5.79. The SMILES string of the molecule is CCC(=O)N1N=C(c2cccc(C)c2)CC1c1ccccc1O. The van der Waals surface area contributed by atoms with E-state index in [1.54, 1.807) is 12.1 Å². The van der Waals surface area contributed by atoms with Gasteiger partial charge in [-0.05, 0) is 18.6 Å². The van der Waals surface area contributed by atoms with Crippen LogP contribution in [0.4, 0.5) is 0 Å². The second-order valence-electron chi connectivity index (χ2n) is 5.79. The van der Waals surface area contributed by atoms with E-state index >= 15 is 0 Å². The zero-order valence-electron chi connectivity index (χ0n) is 13.4. The van der Waals surface area contributed by atoms with Crippen LogP contribution in [0.3, 0.4) is 0 Å². The molecule has 4 heteroatoms. The molecule has 1 aliphatic rings. The normalized spacial score (nSPS) is 17.2. The summed E-state index contributed by atoms with van der Waals surface area (Å²) in [6, 6.07) is 15.0. The lowest BCUT2D eigenvalue weighted by molar-refractivity contribution is -0.132. The highest BCUT2D eigenvalue weighted by atomic mass is 16.3. The molecule has 1 N–H and O–H groups in total. The van der Waals surface area contributed by atoms with Crippen molar-refractivity contribution in [2.24, 2.45) is 5.10 Å². The predicted molar refractivity (Wildman–Crippen MR) is 90.3 cm³/mol. The Bertz CT molecular complexity index is 767. The van der Waals surface area contributed by atoms with Gasteiger partial charge in [-0.25, -0.2) is 5.01 Å². The number of benzene rings is 2. The van der Waals surface area contributed by atoms with E-state index in [9.17, 15) is 9.90 Å². The summed E-state index contributed by atoms with van der Waals surface area (Å²) in [5.41, 5.74) is 3.80. The van der Waals surface area contributed by atoms with Crippen LogP contribution in [0.5, 0.6) is 5.75 Å². The minimum absolute atomic E-state index is 0.0408. The maximum absolute atomic E-state index is 12.3. The van der Waals surface area contributed by atoms with Gasteiger partial charge in [0, 0.05) is 18.4 Å². The first-order chi connectivity index (χ1) is 11.1. The molecule has 1 unspecified atom stereocenters. The Balaban J connectivity index is 1.99. The number of carbonyl (C=O) groups is 1. The highest BCUT2D eigenvalue weighted by molar-refractivity contribution is 6.03. The Morgan fingerprint density at radius 3 is 2.74 bits per heavy atom. The molecule has 2 aromatic rings. The maximum Gasteiger partial charge on any atom is 0.242 e. The highest BCUT2D eigenvalue weighted by Gasteiger charge is 2.33. The molecule has 0 radical (unpaired) electrons. The van der Waals surface area contributed by atoms with Gasteiger partial charge in [0.1, 0.15) is 5.75 Å². The summed E-state index contributed by atoms with van der Waals surface area (Å²) in [4.78, 5) is 12.3. The maximum atomic E-state index is 12.3. The van der Waals surface area contributed by atoms with Crippen molar-refractivity contribution in [3.05, 3.63) is 65.2 Å². The first-order valence-corrected chi connectivity index (χ1v) is 7.84. The third-order valence-electron chi connectivity index (χ3n) is 4.12. The number of rotatable bonds is 3. The third-order valence-corrected chi connectivity index (χ3v) is 4.12. The average Bonchev–Trinajstić information content (AvgIpc) is 2.99. The molecule has 0 fully saturated rings. The van der Waals surface area contributed by atoms with Crippen molar-refractivity contribution in [3.63, 3.8) is 0 Å². The summed E-state index contributed by atoms with van der Waals surface area (Å²) in [6.07, 6.45) is 0.988. The van der Waals surface area contributed by atoms with Gasteiger partial charge in [-0.2, -0.15) is 5.10 Å². The number of aromatic hydroxyl groups is 1. The van der Waals surface area contributed by atoms with E-state index in [0.717, 1.165) is 22.4 Å². The third kappa shape index (κ3) is 2.97. The van der Waals surface area contributed by atoms with E-state index in [1.165, 1.54) is 5.01 Å². The number of phenols is 1. The van der Waals surface area contributed by atoms with Gasteiger partial charge in [-0.3, -0.25) is 4.79 Å². The van der Waals surface area contributed by atoms with Crippen LogP contribution in [-0.4, -0.2) is 21.7 Å². The van der Waals surface area contributed by atoms with Crippen molar-refractivity contribution < 1.29 is 9.90 Å². The minimum atomic E-state index is -0.251. The molecule has 118 valence electrons. The standard InChI is InChI=1S/C19H20N2O2/c1-3-19(23)21-17(15-9-4-5-10-18(15)22)12-16(20-21)14-8-6-7-13(2)11-14/h4-11,17,22H,3,12H2,1-2H3. The van der Waals surface area contributed by atoms with Gasteiger partial charge in [-0.15, -0.1) is 0 Å². The molecular formula is C19H20N2O2. The van der Waals surface area contributed by atoms with Crippen LogP contribution in [-0.2, 0) is 4.79 Å². The topological polar surface area (TPSA) is 52.9 Å². The van der Waals surface area contributed by atoms with Crippen LogP contribution in [0.15, 0.2) is 53.6 Å². The molecule has 4 nitrogen and oxygen atoms in total. The number of hydrazone groups is 1. The van der Waals surface area contributed by atoms with E-state index < -0.39 is 0 Å². The first-order valence-electron chi connectivity index (χ1n) is 7.84. The molecule has 23 heavy (non-hydrogen) atoms. The molecule has 1 amide bonds. The molecule has 0 aromatic heterocycles. The monoisotopic (exact) mass is 308 g/mol. The van der Waals surface area contributed by atoms with Crippen LogP contribution in [0, 0.1) is 6.92 Å². The largest absolute Gasteiger partial charge is 0.508 e. The van der Waals surface area contributed by atoms with E-state index in [0.29, 0.717) is 12.8 Å². The smallest absolute Gasteiger partial charge is 0.242 e. The summed E-state index contributed by atoms with van der Waals surface area (Å²) < 4.78 is 0. The molecule has 0 bridgehead atoms. The number of nitrogens with zero attached hydrogens (tertiary/aromatic N) is 2. The van der Waals surface area contributed by atoms with Gasteiger partial charge < -0.3 is 5.11 Å². The van der Waals surface area contributed by atoms with Crippen LogP contribution in [0.2, 0.25) is 0 Å². The summed E-state index contributed by atoms with van der Waals surface area (Å²) in [5.74, 6) is 0.160. The highest BCUT2D eigenvalue weighted by Crippen LogP contribution is 2.37. The molecule has 0 spiro atoms. The van der Waals surface area contributed by atoms with Crippen molar-refractivity contribution in [1.29, 1.82) is 0 Å². The van der Waals surface area contributed by atoms with Gasteiger partial charge >= 0.3 is 0 Å². The number of para-hydroxylation sites is 1. The van der Waals surface area contributed by atoms with Crippen LogP contribution in [0.1, 0.15) is 42.5 Å². The number of amides is 1. The molecule has 0 aliphatic carbocycles. The molecule has 1 aliphatic heterocycles. The molecule has 1 atom stereocenters. The van der Waals surface area contributed by atoms with Crippen molar-refractivity contribution in [2.75, 3.05) is 0 Å². The summed E-state index contributed by atoms with van der Waals surface area (Å²) >= 11 is 0. The van der Waals surface area contributed by atoms with E-state index in [-0.39, 0.29) is 17.7 Å². The average molecular weight is 308 g/mol. The summed E-state index contributed by atoms with van der Waals surface area (Å²) in [7, 11) is 0. The lowest BCUT2D eigenvalue weighted by Gasteiger charge is -2.22. The molecule has 1 heterocycles. The first kappa shape index (κ1) is 15.3. The van der Waals surface area contributed by atoms with Gasteiger partial charge in [0.2, 0.25) is 5.91 Å². The van der Waals surface area contributed by atoms with Gasteiger partial charge in [0.15, 0.2) is 0 Å². The Labute approximate surface area is 136 Å². The van der Waals surface area contributed by atoms with E-state index in [1.807, 2.05) is 44.2 Å². The molecule has 0 saturated heterocycles. The molecular weight excluding hydrogens is 288 g/mol. The Hall–Kier alpha value is -2.62. The number of hydrogen-bond acceptors (Lipinski definition) is 3. The van der Waals surface area contributed by atoms with Crippen molar-refractivity contribution in [3.8, 4) is 5.75 Å². The zero-order chi connectivity index (χ0) is 16.4. The number of hydrogen-bond donors (Lipinski definition) is 1. The second kappa shape index (κ2) is 6.24. The number of phenolic OH excluding ortho intramolecular Hbond substituents is 1. The van der Waals surface area contributed by atoms with E-state index in [4.69, 9.17) is 0 Å². The van der Waals surface area contributed by atoms with E-state index in [2.05, 4.69) is 11.2 Å². The Morgan fingerprint density at radius 1 is 1.26 bits per heavy atom. The lowest BCUT2D eigenvalue weighted by atomic mass is 9.97. The van der Waals surface area contributed by atoms with Crippen LogP contribution < -0.4 is 0 Å². The Morgan fingerprint density at radius 2 is 2.04 bits per heavy atom. The lowest BCUT2D eigenvalue weighted by Crippen LogP contribution is -2.26. The number of carbonyl (C=O) groups excluding carboxylic acids is 1. The van der Waals surface area contributed by atoms with Gasteiger partial charge in [0.05, 0.1) is 11.8 Å². The zero-order valence-corrected chi connectivity index (χ0v) is 13.4. The molecule has 3 rings (SSSR count). The fourth-order valence-corrected chi connectivity index (χ4v) is 2.91. The fraction of sp³-hybridized carbons (Fsp3) is 0.263. The Kier molecular flexibility index (Phi) is 4.15. The quantitative estimate of drug-likeness (QED) is 0.938. The van der Waals surface area contributed by atoms with Crippen LogP contribution in [0.25, 0.3) is 0 Å². The van der Waals surface area contributed by atoms with Gasteiger partial charge in [-0.1, -0.05) is 55.0 Å². The van der Waals surface area contributed by atoms with Crippen molar-refractivity contribution in [2.45, 2.75) is 32.7 Å². The molecule has 2 aromatic carbocycles. The van der Waals surface area contributed by atoms with Crippen molar-refractivity contribution >= 4 is 11.6 Å². The molecule has 0 saturated carbocycles. The van der Waals surface area contributed by atoms with Crippen molar-refractivity contribution in [1.82, 2.24) is 5.01 Å². The fourth-order valence-electron chi connectivity index (χ4n) is 2.91. The van der Waals surface area contributed by atoms with Crippen LogP contribution >= 0.6 is 0 Å². The number of aryl methyl sites for hydroxylation is 1. The van der Waals surface area contributed by atoms with Gasteiger partial charge in [0.25, 0.3) is 0 Å². The minimum Gasteiger partial charge on any atom is -0.508 e. The predicted octanol–water partition coefficient (Wildman–Crippen LogP) is 3.79. The summed E-state index contributed by atoms with van der Waals surface area (Å²) in [5, 5.41) is 16.2. The summed E-state index contributed by atoms with van der Waals surface area (Å²) in [6.45, 7) is 3.86.